The van der Waals surface area contributed by atoms with E-state index >= 15 is 0 Å². The van der Waals surface area contributed by atoms with Crippen LogP contribution >= 0.6 is 0 Å². The van der Waals surface area contributed by atoms with Crippen LogP contribution in [0.5, 0.6) is 11.5 Å². The predicted octanol–water partition coefficient (Wildman–Crippen LogP) is 4.81. The van der Waals surface area contributed by atoms with Crippen molar-refractivity contribution in [2.75, 3.05) is 27.2 Å². The third-order valence-electron chi connectivity index (χ3n) is 7.98. The van der Waals surface area contributed by atoms with E-state index in [1.807, 2.05) is 14.1 Å². The number of rotatable bonds is 6. The van der Waals surface area contributed by atoms with E-state index in [9.17, 15) is 0 Å². The van der Waals surface area contributed by atoms with Crippen molar-refractivity contribution >= 4 is 0 Å². The van der Waals surface area contributed by atoms with Gasteiger partial charge < -0.3 is 20.1 Å². The second kappa shape index (κ2) is 8.07. The molecule has 2 N–H and O–H groups in total. The Kier molecular flexibility index (Phi) is 5.50. The number of benzene rings is 2. The lowest BCUT2D eigenvalue weighted by molar-refractivity contribution is -0.0801. The Morgan fingerprint density at radius 3 is 2.09 bits per heavy atom. The lowest BCUT2D eigenvalue weighted by atomic mass is 9.55. The van der Waals surface area contributed by atoms with Crippen LogP contribution in [0.15, 0.2) is 36.4 Å². The molecule has 32 heavy (non-hydrogen) atoms. The highest BCUT2D eigenvalue weighted by atomic mass is 16.5. The van der Waals surface area contributed by atoms with Crippen LogP contribution in [0, 0.1) is 5.92 Å². The zero-order valence-corrected chi connectivity index (χ0v) is 20.3. The van der Waals surface area contributed by atoms with Gasteiger partial charge in [0.1, 0.15) is 22.7 Å². The van der Waals surface area contributed by atoms with E-state index < -0.39 is 0 Å². The Bertz CT molecular complexity index is 1000. The highest BCUT2D eigenvalue weighted by Gasteiger charge is 2.57. The summed E-state index contributed by atoms with van der Waals surface area (Å²) in [5, 5.41) is 6.53. The molecule has 0 amide bonds. The molecule has 2 aromatic rings. The molecule has 4 atom stereocenters. The molecular formula is C28H38N2O2. The average Bonchev–Trinajstić information content (AvgIpc) is 2.75. The van der Waals surface area contributed by atoms with Crippen LogP contribution in [0.3, 0.4) is 0 Å². The quantitative estimate of drug-likeness (QED) is 0.685. The summed E-state index contributed by atoms with van der Waals surface area (Å²) >= 11 is 0. The smallest absolute Gasteiger partial charge is 0.123 e. The highest BCUT2D eigenvalue weighted by molar-refractivity contribution is 5.49. The number of hydrogen-bond donors (Lipinski definition) is 2. The third-order valence-corrected chi connectivity index (χ3v) is 7.98. The number of fused-ring (bicyclic) bond motifs is 8. The first-order valence-electron chi connectivity index (χ1n) is 12.3. The molecule has 2 aliphatic heterocycles. The summed E-state index contributed by atoms with van der Waals surface area (Å²) in [4.78, 5) is 0. The van der Waals surface area contributed by atoms with Crippen LogP contribution in [0.1, 0.15) is 67.7 Å². The molecule has 2 aromatic carbocycles. The fraction of sp³-hybridized carbons (Fsp3) is 0.571. The first-order valence-corrected chi connectivity index (χ1v) is 12.3. The summed E-state index contributed by atoms with van der Waals surface area (Å²) in [6.07, 6.45) is 4.18. The van der Waals surface area contributed by atoms with Gasteiger partial charge in [0.2, 0.25) is 0 Å². The monoisotopic (exact) mass is 434 g/mol. The van der Waals surface area contributed by atoms with Gasteiger partial charge in [0.25, 0.3) is 0 Å². The lowest BCUT2D eigenvalue weighted by Gasteiger charge is -2.57. The van der Waals surface area contributed by atoms with Crippen molar-refractivity contribution in [1.82, 2.24) is 10.6 Å². The molecule has 1 fully saturated rings. The van der Waals surface area contributed by atoms with Gasteiger partial charge in [0.05, 0.1) is 0 Å². The lowest BCUT2D eigenvalue weighted by Crippen LogP contribution is -2.56. The Hall–Kier alpha value is -2.04. The molecule has 2 heterocycles. The van der Waals surface area contributed by atoms with Crippen LogP contribution in [0.2, 0.25) is 0 Å². The van der Waals surface area contributed by atoms with E-state index in [0.717, 1.165) is 50.3 Å². The maximum absolute atomic E-state index is 6.77. The van der Waals surface area contributed by atoms with Gasteiger partial charge in [-0.1, -0.05) is 24.3 Å². The van der Waals surface area contributed by atoms with Crippen molar-refractivity contribution in [2.45, 2.75) is 69.5 Å². The standard InChI is InChI=1S/C28H38N2O2/c1-27(2)26-22-16-28(3,32-25-15-19(11-13-30-5)6-8-20(22)25)17-23(26)21-14-18(10-12-29-4)7-9-24(21)31-27/h6-9,14-15,22-23,26,29-30H,10-13,16-17H2,1-5H3. The Morgan fingerprint density at radius 1 is 0.781 bits per heavy atom. The van der Waals surface area contributed by atoms with Crippen molar-refractivity contribution < 1.29 is 9.47 Å². The molecule has 4 heteroatoms. The molecule has 0 radical (unpaired) electrons. The molecule has 5 rings (SSSR count). The number of hydrogen-bond acceptors (Lipinski definition) is 4. The minimum absolute atomic E-state index is 0.133. The van der Waals surface area contributed by atoms with E-state index in [0.29, 0.717) is 17.8 Å². The predicted molar refractivity (Wildman–Crippen MR) is 130 cm³/mol. The summed E-state index contributed by atoms with van der Waals surface area (Å²) in [7, 11) is 4.02. The van der Waals surface area contributed by atoms with Crippen molar-refractivity contribution in [3.63, 3.8) is 0 Å². The van der Waals surface area contributed by atoms with Gasteiger partial charge in [-0.25, -0.2) is 0 Å². The summed E-state index contributed by atoms with van der Waals surface area (Å²) in [5.74, 6) is 3.50. The molecule has 0 saturated heterocycles. The second-order valence-electron chi connectivity index (χ2n) is 10.9. The van der Waals surface area contributed by atoms with Crippen molar-refractivity contribution in [2.24, 2.45) is 5.92 Å². The topological polar surface area (TPSA) is 42.5 Å². The number of nitrogens with one attached hydrogen (secondary N) is 2. The zero-order chi connectivity index (χ0) is 22.5. The minimum atomic E-state index is -0.213. The van der Waals surface area contributed by atoms with E-state index in [-0.39, 0.29) is 11.2 Å². The molecule has 0 aromatic heterocycles. The Labute approximate surface area is 193 Å². The number of likely N-dealkylation sites (N-methyl/N-ethyl adjacent to an activating group) is 2. The first kappa shape index (κ1) is 21.8. The fourth-order valence-electron chi connectivity index (χ4n) is 6.63. The minimum Gasteiger partial charge on any atom is -0.487 e. The molecule has 4 nitrogen and oxygen atoms in total. The Balaban J connectivity index is 1.55. The van der Waals surface area contributed by atoms with Crippen LogP contribution in [-0.4, -0.2) is 38.4 Å². The highest BCUT2D eigenvalue weighted by Crippen LogP contribution is 2.62. The van der Waals surface area contributed by atoms with E-state index in [1.165, 1.54) is 22.3 Å². The van der Waals surface area contributed by atoms with Gasteiger partial charge in [-0.2, -0.15) is 0 Å². The Morgan fingerprint density at radius 2 is 1.41 bits per heavy atom. The SMILES string of the molecule is CNCCc1ccc2c(c1)OC1(C)CC2C2C(C1)c1cc(CCNC)ccc1OC2(C)C. The molecule has 2 bridgehead atoms. The summed E-state index contributed by atoms with van der Waals surface area (Å²) < 4.78 is 13.5. The van der Waals surface area contributed by atoms with Gasteiger partial charge in [-0.15, -0.1) is 0 Å². The molecule has 3 aliphatic rings. The largest absolute Gasteiger partial charge is 0.487 e. The first-order chi connectivity index (χ1) is 15.3. The maximum Gasteiger partial charge on any atom is 0.123 e. The average molecular weight is 435 g/mol. The second-order valence-corrected chi connectivity index (χ2v) is 10.9. The molecule has 172 valence electrons. The van der Waals surface area contributed by atoms with Crippen LogP contribution in [0.4, 0.5) is 0 Å². The molecule has 0 spiro atoms. The van der Waals surface area contributed by atoms with Crippen LogP contribution < -0.4 is 20.1 Å². The normalized spacial score (nSPS) is 29.2. The van der Waals surface area contributed by atoms with Crippen molar-refractivity contribution in [1.29, 1.82) is 0 Å². The van der Waals surface area contributed by atoms with Gasteiger partial charge in [0, 0.05) is 5.92 Å². The summed E-state index contributed by atoms with van der Waals surface area (Å²) in [6, 6.07) is 13.8. The summed E-state index contributed by atoms with van der Waals surface area (Å²) in [6.45, 7) is 8.89. The fourth-order valence-corrected chi connectivity index (χ4v) is 6.63. The molecular weight excluding hydrogens is 396 g/mol. The third kappa shape index (κ3) is 3.72. The van der Waals surface area contributed by atoms with Gasteiger partial charge in [0.15, 0.2) is 0 Å². The summed E-state index contributed by atoms with van der Waals surface area (Å²) in [5.41, 5.74) is 5.14. The molecule has 1 aliphatic carbocycles. The van der Waals surface area contributed by atoms with E-state index in [1.54, 1.807) is 0 Å². The van der Waals surface area contributed by atoms with Gasteiger partial charge >= 0.3 is 0 Å². The van der Waals surface area contributed by atoms with Crippen molar-refractivity contribution in [3.8, 4) is 11.5 Å². The maximum atomic E-state index is 6.77. The van der Waals surface area contributed by atoms with Gasteiger partial charge in [-0.3, -0.25) is 0 Å². The van der Waals surface area contributed by atoms with E-state index in [4.69, 9.17) is 9.47 Å². The zero-order valence-electron chi connectivity index (χ0n) is 20.3. The van der Waals surface area contributed by atoms with E-state index in [2.05, 4.69) is 67.8 Å². The van der Waals surface area contributed by atoms with Gasteiger partial charge in [-0.05, 0) is 120 Å². The van der Waals surface area contributed by atoms with Crippen LogP contribution in [0.25, 0.3) is 0 Å². The van der Waals surface area contributed by atoms with Crippen LogP contribution in [-0.2, 0) is 12.8 Å². The number of ether oxygens (including phenoxy) is 2. The molecule has 1 saturated carbocycles. The van der Waals surface area contributed by atoms with Crippen molar-refractivity contribution in [3.05, 3.63) is 58.7 Å². The molecule has 4 unspecified atom stereocenters.